The van der Waals surface area contributed by atoms with Crippen molar-refractivity contribution in [3.63, 3.8) is 0 Å². The molecular weight excluding hydrogens is 492 g/mol. The van der Waals surface area contributed by atoms with E-state index in [4.69, 9.17) is 22.2 Å². The number of nitrogen functional groups attached to an aromatic ring is 1. The molecule has 0 saturated heterocycles. The Labute approximate surface area is 191 Å². The van der Waals surface area contributed by atoms with Crippen LogP contribution in [-0.4, -0.2) is 25.8 Å². The number of alkyl halides is 3. The fourth-order valence-electron chi connectivity index (χ4n) is 2.61. The zero-order valence-electron chi connectivity index (χ0n) is 16.5. The monoisotopic (exact) mass is 504 g/mol. The van der Waals surface area contributed by atoms with Gasteiger partial charge in [-0.15, -0.1) is 0 Å². The minimum absolute atomic E-state index is 0.0631. The number of Topliss-reactive ketones (excluding diaryl/α,β-unsaturated/α-hetero) is 1. The summed E-state index contributed by atoms with van der Waals surface area (Å²) in [6, 6.07) is 4.63. The van der Waals surface area contributed by atoms with E-state index >= 15 is 0 Å². The molecule has 3 aromatic rings. The van der Waals surface area contributed by atoms with Crippen molar-refractivity contribution in [2.45, 2.75) is 18.1 Å². The third-order valence-electron chi connectivity index (χ3n) is 4.04. The molecule has 0 aliphatic carbocycles. The van der Waals surface area contributed by atoms with E-state index in [2.05, 4.69) is 4.98 Å². The lowest BCUT2D eigenvalue weighted by Gasteiger charge is -2.15. The molecule has 0 unspecified atom stereocenters. The number of aromatic nitrogens is 3. The van der Waals surface area contributed by atoms with Crippen LogP contribution in [0.15, 0.2) is 51.1 Å². The molecule has 0 saturated carbocycles. The van der Waals surface area contributed by atoms with Crippen molar-refractivity contribution in [3.05, 3.63) is 73.9 Å². The van der Waals surface area contributed by atoms with Gasteiger partial charge in [0.25, 0.3) is 5.56 Å². The van der Waals surface area contributed by atoms with Crippen LogP contribution in [-0.2, 0) is 11.0 Å². The number of carbonyl (C=O) groups excluding carboxylic acids is 1. The van der Waals surface area contributed by atoms with Crippen molar-refractivity contribution in [2.24, 2.45) is 0 Å². The molecule has 33 heavy (non-hydrogen) atoms. The normalized spacial score (nSPS) is 11.5. The Bertz CT molecular complexity index is 1360. The summed E-state index contributed by atoms with van der Waals surface area (Å²) >= 11 is 7.08. The maximum atomic E-state index is 14.6. The van der Waals surface area contributed by atoms with Crippen LogP contribution in [0.1, 0.15) is 12.6 Å². The third-order valence-corrected chi connectivity index (χ3v) is 5.46. The molecule has 1 aromatic carbocycles. The van der Waals surface area contributed by atoms with Gasteiger partial charge >= 0.3 is 11.9 Å². The lowest BCUT2D eigenvalue weighted by Crippen LogP contribution is -2.45. The standard InChI is InChI=1S/C19H13ClF4N4O4S/c1-9(29)8-33-17-13(3-2-4-26-17)32-14-6-12(11(21)5-10(14)20)27-16(30)7-15(19(22,23)24)28(25)18(27)31/h2-7H,8,25H2,1H3. The smallest absolute Gasteiger partial charge is 0.433 e. The number of halogens is 5. The van der Waals surface area contributed by atoms with Crippen molar-refractivity contribution < 1.29 is 27.1 Å². The van der Waals surface area contributed by atoms with Gasteiger partial charge in [-0.1, -0.05) is 23.4 Å². The molecule has 0 radical (unpaired) electrons. The molecule has 174 valence electrons. The van der Waals surface area contributed by atoms with Gasteiger partial charge in [0, 0.05) is 18.3 Å². The SMILES string of the molecule is CC(=O)CSc1ncccc1Oc1cc(-n2c(=O)cc(C(F)(F)F)n(N)c2=O)c(F)cc1Cl. The van der Waals surface area contributed by atoms with Gasteiger partial charge in [0.1, 0.15) is 22.4 Å². The molecule has 2 N–H and O–H groups in total. The number of ether oxygens (including phenoxy) is 1. The van der Waals surface area contributed by atoms with Gasteiger partial charge in [-0.25, -0.2) is 23.4 Å². The van der Waals surface area contributed by atoms with Crippen LogP contribution >= 0.6 is 23.4 Å². The Morgan fingerprint density at radius 1 is 1.24 bits per heavy atom. The summed E-state index contributed by atoms with van der Waals surface area (Å²) in [4.78, 5) is 40.0. The second-order valence-corrected chi connectivity index (χ2v) is 7.86. The Morgan fingerprint density at radius 3 is 2.58 bits per heavy atom. The fourth-order valence-corrected chi connectivity index (χ4v) is 3.53. The van der Waals surface area contributed by atoms with Crippen LogP contribution < -0.4 is 21.8 Å². The summed E-state index contributed by atoms with van der Waals surface area (Å²) in [6.07, 6.45) is -3.65. The second kappa shape index (κ2) is 9.27. The van der Waals surface area contributed by atoms with Crippen LogP contribution in [0.5, 0.6) is 11.5 Å². The minimum atomic E-state index is -5.09. The maximum absolute atomic E-state index is 14.6. The number of nitrogens with two attached hydrogens (primary N) is 1. The Balaban J connectivity index is 2.12. The van der Waals surface area contributed by atoms with Crippen molar-refractivity contribution in [1.29, 1.82) is 0 Å². The molecule has 14 heteroatoms. The van der Waals surface area contributed by atoms with Gasteiger partial charge in [0.15, 0.2) is 11.4 Å². The van der Waals surface area contributed by atoms with Gasteiger partial charge in [-0.3, -0.25) is 9.59 Å². The highest BCUT2D eigenvalue weighted by Crippen LogP contribution is 2.36. The molecule has 8 nitrogen and oxygen atoms in total. The summed E-state index contributed by atoms with van der Waals surface area (Å²) in [5.41, 5.74) is -5.55. The molecule has 0 aliphatic heterocycles. The molecule has 0 atom stereocenters. The molecule has 0 fully saturated rings. The molecular formula is C19H13ClF4N4O4S. The predicted molar refractivity (Wildman–Crippen MR) is 112 cm³/mol. The highest BCUT2D eigenvalue weighted by atomic mass is 35.5. The summed E-state index contributed by atoms with van der Waals surface area (Å²) in [6.45, 7) is 1.38. The van der Waals surface area contributed by atoms with Gasteiger partial charge in [-0.2, -0.15) is 13.2 Å². The average Bonchev–Trinajstić information content (AvgIpc) is 2.72. The number of nitrogens with zero attached hydrogens (tertiary/aromatic N) is 3. The van der Waals surface area contributed by atoms with Crippen molar-refractivity contribution >= 4 is 29.1 Å². The van der Waals surface area contributed by atoms with E-state index in [-0.39, 0.29) is 43.4 Å². The van der Waals surface area contributed by atoms with Crippen LogP contribution in [0.3, 0.4) is 0 Å². The van der Waals surface area contributed by atoms with E-state index in [1.165, 1.54) is 25.3 Å². The molecule has 0 spiro atoms. The average molecular weight is 505 g/mol. The maximum Gasteiger partial charge on any atom is 0.433 e. The minimum Gasteiger partial charge on any atom is -0.453 e. The second-order valence-electron chi connectivity index (χ2n) is 6.49. The fraction of sp³-hybridized carbons (Fsp3) is 0.158. The largest absolute Gasteiger partial charge is 0.453 e. The van der Waals surface area contributed by atoms with Crippen molar-refractivity contribution in [2.75, 3.05) is 11.6 Å². The Morgan fingerprint density at radius 2 is 1.94 bits per heavy atom. The van der Waals surface area contributed by atoms with Crippen LogP contribution in [0.4, 0.5) is 17.6 Å². The lowest BCUT2D eigenvalue weighted by atomic mass is 10.2. The molecule has 2 aromatic heterocycles. The van der Waals surface area contributed by atoms with Gasteiger partial charge in [-0.05, 0) is 25.1 Å². The zero-order valence-corrected chi connectivity index (χ0v) is 18.1. The number of benzene rings is 1. The van der Waals surface area contributed by atoms with E-state index in [1.807, 2.05) is 0 Å². The Kier molecular flexibility index (Phi) is 6.84. The summed E-state index contributed by atoms with van der Waals surface area (Å²) in [5, 5.41) is 0.0290. The van der Waals surface area contributed by atoms with E-state index in [9.17, 15) is 31.9 Å². The number of hydrogen-bond acceptors (Lipinski definition) is 7. The zero-order chi connectivity index (χ0) is 24.5. The predicted octanol–water partition coefficient (Wildman–Crippen LogP) is 3.39. The highest BCUT2D eigenvalue weighted by Gasteiger charge is 2.36. The first-order valence-corrected chi connectivity index (χ1v) is 10.2. The van der Waals surface area contributed by atoms with Gasteiger partial charge in [0.05, 0.1) is 16.5 Å². The van der Waals surface area contributed by atoms with E-state index in [0.717, 1.165) is 23.9 Å². The number of thioether (sulfide) groups is 1. The van der Waals surface area contributed by atoms with Gasteiger partial charge < -0.3 is 10.6 Å². The molecule has 0 amide bonds. The van der Waals surface area contributed by atoms with Crippen LogP contribution in [0.25, 0.3) is 5.69 Å². The summed E-state index contributed by atoms with van der Waals surface area (Å²) in [7, 11) is 0. The first-order valence-electron chi connectivity index (χ1n) is 8.86. The number of carbonyl (C=O) groups is 1. The summed E-state index contributed by atoms with van der Waals surface area (Å²) in [5.74, 6) is 3.86. The first-order chi connectivity index (χ1) is 15.4. The topological polar surface area (TPSA) is 109 Å². The molecule has 0 aliphatic rings. The van der Waals surface area contributed by atoms with E-state index < -0.39 is 34.6 Å². The van der Waals surface area contributed by atoms with E-state index in [0.29, 0.717) is 5.03 Å². The molecule has 3 rings (SSSR count). The number of hydrogen-bond donors (Lipinski definition) is 1. The Hall–Kier alpha value is -3.32. The molecule has 0 bridgehead atoms. The van der Waals surface area contributed by atoms with Gasteiger partial charge in [0.2, 0.25) is 0 Å². The number of pyridine rings is 1. The summed E-state index contributed by atoms with van der Waals surface area (Å²) < 4.78 is 59.1. The van der Waals surface area contributed by atoms with Crippen LogP contribution in [0, 0.1) is 5.82 Å². The first kappa shape index (κ1) is 24.3. The quantitative estimate of drug-likeness (QED) is 0.311. The molecule has 2 heterocycles. The highest BCUT2D eigenvalue weighted by molar-refractivity contribution is 8.00. The van der Waals surface area contributed by atoms with Crippen molar-refractivity contribution in [3.8, 4) is 17.2 Å². The van der Waals surface area contributed by atoms with Crippen molar-refractivity contribution in [1.82, 2.24) is 14.2 Å². The third kappa shape index (κ3) is 5.20. The van der Waals surface area contributed by atoms with E-state index in [1.54, 1.807) is 0 Å². The van der Waals surface area contributed by atoms with Crippen LogP contribution in [0.2, 0.25) is 5.02 Å². The number of rotatable bonds is 6. The lowest BCUT2D eigenvalue weighted by molar-refractivity contribution is -0.143. The number of ketones is 1.